The monoisotopic (exact) mass is 393 g/mol. The van der Waals surface area contributed by atoms with Gasteiger partial charge in [0.25, 0.3) is 0 Å². The topological polar surface area (TPSA) is 65.4 Å². The standard InChI is InChI=1S/C23H27N3O3/c1-15-10-20(28-13-16(2)24-17(3)27)8-9-23(15)26-12-19-6-7-21(11-22(19)25-26)29-14-18-4-5-18/h6-12,16,18H,4-5,13-14H2,1-3H3,(H,24,27)/t16-/m0/s1. The number of rotatable bonds is 8. The van der Waals surface area contributed by atoms with Crippen LogP contribution in [0.2, 0.25) is 0 Å². The van der Waals surface area contributed by atoms with Crippen molar-refractivity contribution < 1.29 is 14.3 Å². The highest BCUT2D eigenvalue weighted by molar-refractivity contribution is 5.80. The van der Waals surface area contributed by atoms with E-state index in [4.69, 9.17) is 14.6 Å². The van der Waals surface area contributed by atoms with Crippen LogP contribution in [-0.2, 0) is 4.79 Å². The first-order valence-corrected chi connectivity index (χ1v) is 10.1. The molecule has 0 radical (unpaired) electrons. The molecule has 1 fully saturated rings. The molecule has 2 aromatic carbocycles. The molecule has 1 aromatic heterocycles. The maximum absolute atomic E-state index is 11.1. The van der Waals surface area contributed by atoms with Crippen LogP contribution in [0.5, 0.6) is 11.5 Å². The van der Waals surface area contributed by atoms with Crippen molar-refractivity contribution in [3.05, 3.63) is 48.2 Å². The molecule has 1 aliphatic rings. The Morgan fingerprint density at radius 3 is 2.69 bits per heavy atom. The summed E-state index contributed by atoms with van der Waals surface area (Å²) in [6.45, 7) is 6.68. The summed E-state index contributed by atoms with van der Waals surface area (Å²) in [6.07, 6.45) is 4.59. The third kappa shape index (κ3) is 4.88. The maximum Gasteiger partial charge on any atom is 0.217 e. The zero-order valence-corrected chi connectivity index (χ0v) is 17.1. The molecule has 29 heavy (non-hydrogen) atoms. The molecule has 1 amide bonds. The summed E-state index contributed by atoms with van der Waals surface area (Å²) in [7, 11) is 0. The van der Waals surface area contributed by atoms with E-state index in [0.29, 0.717) is 6.61 Å². The van der Waals surface area contributed by atoms with Gasteiger partial charge in [0.05, 0.1) is 23.9 Å². The summed E-state index contributed by atoms with van der Waals surface area (Å²) in [4.78, 5) is 11.1. The van der Waals surface area contributed by atoms with E-state index in [-0.39, 0.29) is 11.9 Å². The lowest BCUT2D eigenvalue weighted by Crippen LogP contribution is -2.35. The molecule has 1 heterocycles. The van der Waals surface area contributed by atoms with Crippen molar-refractivity contribution in [2.45, 2.75) is 39.7 Å². The Kier molecular flexibility index (Phi) is 5.43. The molecule has 6 nitrogen and oxygen atoms in total. The summed E-state index contributed by atoms with van der Waals surface area (Å²) >= 11 is 0. The molecule has 3 aromatic rings. The number of fused-ring (bicyclic) bond motifs is 1. The number of carbonyl (C=O) groups is 1. The van der Waals surface area contributed by atoms with Crippen LogP contribution in [0.3, 0.4) is 0 Å². The second-order valence-electron chi connectivity index (χ2n) is 7.91. The zero-order chi connectivity index (χ0) is 20.4. The number of amides is 1. The highest BCUT2D eigenvalue weighted by Gasteiger charge is 2.22. The van der Waals surface area contributed by atoms with Gasteiger partial charge in [-0.2, -0.15) is 5.10 Å². The van der Waals surface area contributed by atoms with Gasteiger partial charge < -0.3 is 14.8 Å². The predicted octanol–water partition coefficient (Wildman–Crippen LogP) is 4.03. The number of aryl methyl sites for hydroxylation is 1. The first-order valence-electron chi connectivity index (χ1n) is 10.1. The molecule has 1 aliphatic carbocycles. The average Bonchev–Trinajstić information content (AvgIpc) is 3.41. The Morgan fingerprint density at radius 1 is 1.21 bits per heavy atom. The van der Waals surface area contributed by atoms with Gasteiger partial charge in [0, 0.05) is 24.6 Å². The van der Waals surface area contributed by atoms with Crippen molar-refractivity contribution in [2.75, 3.05) is 13.2 Å². The number of carbonyl (C=O) groups excluding carboxylic acids is 1. The van der Waals surface area contributed by atoms with Crippen LogP contribution in [-0.4, -0.2) is 34.9 Å². The Labute approximate surface area is 170 Å². The molecule has 0 aliphatic heterocycles. The summed E-state index contributed by atoms with van der Waals surface area (Å²) in [5.74, 6) is 2.33. The molecule has 0 unspecified atom stereocenters. The number of nitrogens with one attached hydrogen (secondary N) is 1. The second-order valence-corrected chi connectivity index (χ2v) is 7.91. The normalized spacial score (nSPS) is 14.6. The fraction of sp³-hybridized carbons (Fsp3) is 0.391. The van der Waals surface area contributed by atoms with E-state index in [0.717, 1.165) is 46.2 Å². The summed E-state index contributed by atoms with van der Waals surface area (Å²) in [5.41, 5.74) is 2.98. The van der Waals surface area contributed by atoms with Crippen LogP contribution in [0.4, 0.5) is 0 Å². The number of nitrogens with zero attached hydrogens (tertiary/aromatic N) is 2. The van der Waals surface area contributed by atoms with Gasteiger partial charge in [0.1, 0.15) is 18.1 Å². The highest BCUT2D eigenvalue weighted by Crippen LogP contribution is 2.30. The molecule has 0 saturated heterocycles. The lowest BCUT2D eigenvalue weighted by atomic mass is 10.2. The van der Waals surface area contributed by atoms with E-state index < -0.39 is 0 Å². The SMILES string of the molecule is CC(=O)N[C@@H](C)COc1ccc(-n2cc3ccc(OCC4CC4)cc3n2)c(C)c1. The lowest BCUT2D eigenvalue weighted by Gasteiger charge is -2.15. The Hall–Kier alpha value is -3.02. The van der Waals surface area contributed by atoms with Gasteiger partial charge in [-0.15, -0.1) is 0 Å². The van der Waals surface area contributed by atoms with E-state index in [2.05, 4.69) is 11.4 Å². The van der Waals surface area contributed by atoms with E-state index in [1.807, 2.05) is 55.1 Å². The van der Waals surface area contributed by atoms with Crippen molar-refractivity contribution >= 4 is 16.8 Å². The third-order valence-corrected chi connectivity index (χ3v) is 5.03. The summed E-state index contributed by atoms with van der Waals surface area (Å²) < 4.78 is 13.6. The lowest BCUT2D eigenvalue weighted by molar-refractivity contribution is -0.119. The molecule has 1 atom stereocenters. The molecular formula is C23H27N3O3. The molecule has 1 saturated carbocycles. The zero-order valence-electron chi connectivity index (χ0n) is 17.1. The summed E-state index contributed by atoms with van der Waals surface area (Å²) in [5, 5.41) is 8.62. The van der Waals surface area contributed by atoms with Gasteiger partial charge in [-0.1, -0.05) is 0 Å². The minimum absolute atomic E-state index is 0.0415. The second kappa shape index (κ2) is 8.15. The quantitative estimate of drug-likeness (QED) is 0.628. The molecule has 0 spiro atoms. The van der Waals surface area contributed by atoms with Gasteiger partial charge in [-0.05, 0) is 68.5 Å². The van der Waals surface area contributed by atoms with Gasteiger partial charge in [-0.3, -0.25) is 4.79 Å². The van der Waals surface area contributed by atoms with Crippen LogP contribution in [0.15, 0.2) is 42.6 Å². The number of aromatic nitrogens is 2. The van der Waals surface area contributed by atoms with Crippen LogP contribution in [0.1, 0.15) is 32.3 Å². The van der Waals surface area contributed by atoms with Crippen LogP contribution in [0.25, 0.3) is 16.6 Å². The minimum atomic E-state index is -0.0560. The largest absolute Gasteiger partial charge is 0.493 e. The molecule has 6 heteroatoms. The van der Waals surface area contributed by atoms with Crippen LogP contribution in [0, 0.1) is 12.8 Å². The summed E-state index contributed by atoms with van der Waals surface area (Å²) in [6, 6.07) is 12.0. The minimum Gasteiger partial charge on any atom is -0.493 e. The third-order valence-electron chi connectivity index (χ3n) is 5.03. The molecule has 1 N–H and O–H groups in total. The number of ether oxygens (including phenoxy) is 2. The van der Waals surface area contributed by atoms with Gasteiger partial charge in [0.15, 0.2) is 0 Å². The first-order chi connectivity index (χ1) is 14.0. The van der Waals surface area contributed by atoms with Crippen molar-refractivity contribution in [1.29, 1.82) is 0 Å². The first kappa shape index (κ1) is 19.3. The molecule has 0 bridgehead atoms. The molecular weight excluding hydrogens is 366 g/mol. The fourth-order valence-corrected chi connectivity index (χ4v) is 3.29. The van der Waals surface area contributed by atoms with Gasteiger partial charge in [-0.25, -0.2) is 4.68 Å². The Balaban J connectivity index is 1.47. The van der Waals surface area contributed by atoms with Crippen LogP contribution < -0.4 is 14.8 Å². The maximum atomic E-state index is 11.1. The average molecular weight is 393 g/mol. The fourth-order valence-electron chi connectivity index (χ4n) is 3.29. The Morgan fingerprint density at radius 2 is 1.97 bits per heavy atom. The van der Waals surface area contributed by atoms with Crippen molar-refractivity contribution in [2.24, 2.45) is 5.92 Å². The molecule has 152 valence electrons. The number of hydrogen-bond donors (Lipinski definition) is 1. The Bertz CT molecular complexity index is 1020. The van der Waals surface area contributed by atoms with Gasteiger partial charge in [0.2, 0.25) is 5.91 Å². The number of hydrogen-bond acceptors (Lipinski definition) is 4. The smallest absolute Gasteiger partial charge is 0.217 e. The van der Waals surface area contributed by atoms with Gasteiger partial charge >= 0.3 is 0 Å². The van der Waals surface area contributed by atoms with Crippen molar-refractivity contribution in [1.82, 2.24) is 15.1 Å². The van der Waals surface area contributed by atoms with E-state index in [1.165, 1.54) is 19.8 Å². The number of benzene rings is 2. The highest BCUT2D eigenvalue weighted by atomic mass is 16.5. The van der Waals surface area contributed by atoms with Crippen molar-refractivity contribution in [3.8, 4) is 17.2 Å². The van der Waals surface area contributed by atoms with Crippen LogP contribution >= 0.6 is 0 Å². The van der Waals surface area contributed by atoms with E-state index in [1.54, 1.807) is 0 Å². The van der Waals surface area contributed by atoms with Crippen molar-refractivity contribution in [3.63, 3.8) is 0 Å². The predicted molar refractivity (Wildman–Crippen MR) is 113 cm³/mol. The molecule has 4 rings (SSSR count). The van der Waals surface area contributed by atoms with E-state index >= 15 is 0 Å². The van der Waals surface area contributed by atoms with E-state index in [9.17, 15) is 4.79 Å².